The molecule has 0 aromatic heterocycles. The van der Waals surface area contributed by atoms with E-state index in [1.807, 2.05) is 0 Å². The van der Waals surface area contributed by atoms with E-state index in [2.05, 4.69) is 4.74 Å². The number of hydrogen-bond acceptors (Lipinski definition) is 3. The van der Waals surface area contributed by atoms with E-state index in [0.29, 0.717) is 0 Å². The van der Waals surface area contributed by atoms with Gasteiger partial charge in [-0.2, -0.15) is 43.9 Å². The Kier molecular flexibility index (Phi) is 4.69. The standard InChI is InChI=1S/C7H2F10O3/c8-4(9,10)1-20-3(19)6(13,14)5(11,12)2(18)7(15,16)17/h1H2. The van der Waals surface area contributed by atoms with Gasteiger partial charge in [-0.25, -0.2) is 4.79 Å². The highest BCUT2D eigenvalue weighted by molar-refractivity contribution is 5.97. The highest BCUT2D eigenvalue weighted by Crippen LogP contribution is 2.40. The van der Waals surface area contributed by atoms with Crippen molar-refractivity contribution in [3.63, 3.8) is 0 Å². The average molecular weight is 324 g/mol. The highest BCUT2D eigenvalue weighted by Gasteiger charge is 2.73. The normalized spacial score (nSPS) is 14.1. The maximum Gasteiger partial charge on any atom is 0.456 e. The lowest BCUT2D eigenvalue weighted by molar-refractivity contribution is -0.251. The van der Waals surface area contributed by atoms with E-state index in [-0.39, 0.29) is 0 Å². The molecule has 0 radical (unpaired) electrons. The van der Waals surface area contributed by atoms with E-state index in [1.54, 1.807) is 0 Å². The summed E-state index contributed by atoms with van der Waals surface area (Å²) >= 11 is 0. The second-order valence-corrected chi connectivity index (χ2v) is 3.17. The van der Waals surface area contributed by atoms with Crippen molar-refractivity contribution in [2.24, 2.45) is 0 Å². The molecular weight excluding hydrogens is 322 g/mol. The Labute approximate surface area is 102 Å². The summed E-state index contributed by atoms with van der Waals surface area (Å²) in [5.41, 5.74) is 0. The third-order valence-electron chi connectivity index (χ3n) is 1.56. The van der Waals surface area contributed by atoms with Gasteiger partial charge in [0.2, 0.25) is 0 Å². The fourth-order valence-electron chi connectivity index (χ4n) is 0.687. The van der Waals surface area contributed by atoms with Gasteiger partial charge >= 0.3 is 36.0 Å². The van der Waals surface area contributed by atoms with E-state index >= 15 is 0 Å². The number of esters is 1. The molecule has 0 amide bonds. The molecule has 0 heterocycles. The van der Waals surface area contributed by atoms with Crippen molar-refractivity contribution in [3.8, 4) is 0 Å². The number of carbonyl (C=O) groups excluding carboxylic acids is 2. The second kappa shape index (κ2) is 5.09. The van der Waals surface area contributed by atoms with Gasteiger partial charge in [0.05, 0.1) is 0 Å². The first-order valence-corrected chi connectivity index (χ1v) is 4.14. The molecule has 0 rings (SSSR count). The lowest BCUT2D eigenvalue weighted by Gasteiger charge is -2.24. The molecule has 0 N–H and O–H groups in total. The Morgan fingerprint density at radius 3 is 1.45 bits per heavy atom. The van der Waals surface area contributed by atoms with E-state index in [9.17, 15) is 53.5 Å². The lowest BCUT2D eigenvalue weighted by Crippen LogP contribution is -2.57. The van der Waals surface area contributed by atoms with Gasteiger partial charge in [-0.3, -0.25) is 4.79 Å². The Hall–Kier alpha value is -1.56. The summed E-state index contributed by atoms with van der Waals surface area (Å²) in [6.07, 6.45) is -11.8. The summed E-state index contributed by atoms with van der Waals surface area (Å²) in [5, 5.41) is 0. The van der Waals surface area contributed by atoms with E-state index < -0.39 is 42.6 Å². The molecule has 0 saturated heterocycles. The van der Waals surface area contributed by atoms with Crippen LogP contribution in [0.15, 0.2) is 0 Å². The minimum absolute atomic E-state index is 2.71. The van der Waals surface area contributed by atoms with E-state index in [4.69, 9.17) is 0 Å². The third-order valence-corrected chi connectivity index (χ3v) is 1.56. The van der Waals surface area contributed by atoms with E-state index in [0.717, 1.165) is 0 Å². The first-order valence-electron chi connectivity index (χ1n) is 4.14. The highest BCUT2D eigenvalue weighted by atomic mass is 19.4. The Morgan fingerprint density at radius 1 is 0.750 bits per heavy atom. The molecule has 3 nitrogen and oxygen atoms in total. The van der Waals surface area contributed by atoms with Gasteiger partial charge in [-0.1, -0.05) is 0 Å². The van der Waals surface area contributed by atoms with Crippen molar-refractivity contribution < 1.29 is 58.2 Å². The predicted molar refractivity (Wildman–Crippen MR) is 38.0 cm³/mol. The summed E-state index contributed by atoms with van der Waals surface area (Å²) in [5.74, 6) is -20.9. The zero-order valence-electron chi connectivity index (χ0n) is 8.71. The van der Waals surface area contributed by atoms with Gasteiger partial charge in [0.15, 0.2) is 6.61 Å². The van der Waals surface area contributed by atoms with Crippen LogP contribution in [0.2, 0.25) is 0 Å². The molecule has 118 valence electrons. The van der Waals surface area contributed by atoms with Crippen LogP contribution in [-0.4, -0.2) is 42.6 Å². The Morgan fingerprint density at radius 2 is 1.15 bits per heavy atom. The zero-order chi connectivity index (χ0) is 16.6. The van der Waals surface area contributed by atoms with Crippen LogP contribution in [0, 0.1) is 0 Å². The molecule has 0 unspecified atom stereocenters. The molecule has 13 heteroatoms. The third kappa shape index (κ3) is 3.96. The minimum atomic E-state index is -6.60. The molecule has 0 aliphatic rings. The van der Waals surface area contributed by atoms with Gasteiger partial charge in [-0.05, 0) is 0 Å². The quantitative estimate of drug-likeness (QED) is 0.589. The number of ketones is 1. The van der Waals surface area contributed by atoms with Crippen LogP contribution < -0.4 is 0 Å². The molecule has 0 aromatic rings. The summed E-state index contributed by atoms with van der Waals surface area (Å²) < 4.78 is 122. The summed E-state index contributed by atoms with van der Waals surface area (Å²) in [6, 6.07) is 0. The molecule has 0 aliphatic heterocycles. The average Bonchev–Trinajstić information content (AvgIpc) is 2.21. The molecule has 0 spiro atoms. The number of rotatable bonds is 4. The van der Waals surface area contributed by atoms with Crippen LogP contribution in [0.4, 0.5) is 43.9 Å². The maximum absolute atomic E-state index is 12.6. The van der Waals surface area contributed by atoms with Crippen LogP contribution in [0.5, 0.6) is 0 Å². The topological polar surface area (TPSA) is 43.4 Å². The number of ether oxygens (including phenoxy) is 1. The molecular formula is C7H2F10O3. The Balaban J connectivity index is 5.21. The Bertz CT molecular complexity index is 393. The zero-order valence-corrected chi connectivity index (χ0v) is 8.71. The minimum Gasteiger partial charge on any atom is -0.451 e. The number of halogens is 10. The SMILES string of the molecule is O=C(OCC(F)(F)F)C(F)(F)C(F)(F)C(=O)C(F)(F)F. The largest absolute Gasteiger partial charge is 0.456 e. The van der Waals surface area contributed by atoms with Gasteiger partial charge in [-0.15, -0.1) is 0 Å². The summed E-state index contributed by atoms with van der Waals surface area (Å²) in [4.78, 5) is 20.4. The molecule has 0 aromatic carbocycles. The van der Waals surface area contributed by atoms with Gasteiger partial charge < -0.3 is 4.74 Å². The fraction of sp³-hybridized carbons (Fsp3) is 0.714. The summed E-state index contributed by atoms with van der Waals surface area (Å²) in [6.45, 7) is -2.74. The monoisotopic (exact) mass is 324 g/mol. The van der Waals surface area contributed by atoms with Crippen molar-refractivity contribution in [1.29, 1.82) is 0 Å². The molecule has 20 heavy (non-hydrogen) atoms. The van der Waals surface area contributed by atoms with Crippen molar-refractivity contribution in [3.05, 3.63) is 0 Å². The molecule has 0 atom stereocenters. The van der Waals surface area contributed by atoms with Gasteiger partial charge in [0.1, 0.15) is 0 Å². The molecule has 0 fully saturated rings. The van der Waals surface area contributed by atoms with Crippen LogP contribution in [0.25, 0.3) is 0 Å². The van der Waals surface area contributed by atoms with Crippen molar-refractivity contribution in [1.82, 2.24) is 0 Å². The smallest absolute Gasteiger partial charge is 0.451 e. The number of carbonyl (C=O) groups is 2. The molecule has 0 aliphatic carbocycles. The molecule has 0 saturated carbocycles. The van der Waals surface area contributed by atoms with Crippen LogP contribution >= 0.6 is 0 Å². The number of hydrogen-bond donors (Lipinski definition) is 0. The lowest BCUT2D eigenvalue weighted by atomic mass is 10.1. The van der Waals surface area contributed by atoms with Crippen molar-refractivity contribution in [2.45, 2.75) is 24.2 Å². The van der Waals surface area contributed by atoms with Crippen molar-refractivity contribution in [2.75, 3.05) is 6.61 Å². The van der Waals surface area contributed by atoms with Gasteiger partial charge in [0, 0.05) is 0 Å². The van der Waals surface area contributed by atoms with Crippen molar-refractivity contribution >= 4 is 11.8 Å². The molecule has 0 bridgehead atoms. The first kappa shape index (κ1) is 18.4. The maximum atomic E-state index is 12.6. The van der Waals surface area contributed by atoms with Crippen LogP contribution in [0.3, 0.4) is 0 Å². The second-order valence-electron chi connectivity index (χ2n) is 3.17. The van der Waals surface area contributed by atoms with E-state index in [1.165, 1.54) is 0 Å². The van der Waals surface area contributed by atoms with Crippen LogP contribution in [0.1, 0.15) is 0 Å². The summed E-state index contributed by atoms with van der Waals surface area (Å²) in [7, 11) is 0. The first-order chi connectivity index (χ1) is 8.53. The number of alkyl halides is 10. The fourth-order valence-corrected chi connectivity index (χ4v) is 0.687. The van der Waals surface area contributed by atoms with Crippen LogP contribution in [-0.2, 0) is 14.3 Å². The predicted octanol–water partition coefficient (Wildman–Crippen LogP) is 2.49. The van der Waals surface area contributed by atoms with Gasteiger partial charge in [0.25, 0.3) is 0 Å². The number of Topliss-reactive ketones (excluding diaryl/α,β-unsaturated/α-hetero) is 1.